The van der Waals surface area contributed by atoms with Gasteiger partial charge in [0.05, 0.1) is 18.0 Å². The normalized spacial score (nSPS) is 10.9. The number of thiazole rings is 1. The van der Waals surface area contributed by atoms with Gasteiger partial charge in [0.2, 0.25) is 11.1 Å². The summed E-state index contributed by atoms with van der Waals surface area (Å²) in [6.07, 6.45) is 0.757. The molecule has 0 saturated heterocycles. The van der Waals surface area contributed by atoms with Gasteiger partial charge in [-0.1, -0.05) is 49.0 Å². The van der Waals surface area contributed by atoms with Gasteiger partial charge >= 0.3 is 0 Å². The first-order chi connectivity index (χ1) is 15.1. The number of aromatic nitrogens is 4. The van der Waals surface area contributed by atoms with Crippen LogP contribution in [0.15, 0.2) is 65.1 Å². The molecule has 6 nitrogen and oxygen atoms in total. The number of nitrogens with zero attached hydrogens (tertiary/aromatic N) is 4. The second-order valence-electron chi connectivity index (χ2n) is 6.69. The van der Waals surface area contributed by atoms with Crippen molar-refractivity contribution in [1.29, 1.82) is 0 Å². The van der Waals surface area contributed by atoms with Crippen LogP contribution in [0.2, 0.25) is 0 Å². The first-order valence-corrected chi connectivity index (χ1v) is 11.6. The number of rotatable bonds is 8. The lowest BCUT2D eigenvalue weighted by Crippen LogP contribution is -2.31. The quantitative estimate of drug-likeness (QED) is 0.382. The summed E-state index contributed by atoms with van der Waals surface area (Å²) in [5.41, 5.74) is 2.52. The van der Waals surface area contributed by atoms with Crippen molar-refractivity contribution in [3.05, 3.63) is 77.2 Å². The number of benzene rings is 2. The van der Waals surface area contributed by atoms with Crippen molar-refractivity contribution >= 4 is 34.1 Å². The van der Waals surface area contributed by atoms with Crippen molar-refractivity contribution in [2.75, 3.05) is 10.7 Å². The molecule has 0 radical (unpaired) electrons. The van der Waals surface area contributed by atoms with Crippen LogP contribution in [0.3, 0.4) is 0 Å². The predicted molar refractivity (Wildman–Crippen MR) is 122 cm³/mol. The number of anilines is 1. The number of H-pyrrole nitrogens is 1. The Hall–Kier alpha value is -3.04. The lowest BCUT2D eigenvalue weighted by atomic mass is 10.2. The van der Waals surface area contributed by atoms with E-state index in [0.717, 1.165) is 23.4 Å². The molecule has 4 rings (SSSR count). The molecule has 1 N–H and O–H groups in total. The first-order valence-electron chi connectivity index (χ1n) is 9.72. The van der Waals surface area contributed by atoms with E-state index in [-0.39, 0.29) is 17.5 Å². The number of hydrogen-bond acceptors (Lipinski definition) is 6. The van der Waals surface area contributed by atoms with E-state index in [1.807, 2.05) is 42.6 Å². The molecule has 0 aliphatic rings. The molecule has 31 heavy (non-hydrogen) atoms. The SMILES string of the molecule is CCc1nc(SCC(=O)N(Cc2ccccc2)c2nc(-c3ccc(F)cc3)cs2)n[nH]1. The third-order valence-corrected chi connectivity index (χ3v) is 6.21. The van der Waals surface area contributed by atoms with Gasteiger partial charge in [0, 0.05) is 17.4 Å². The molecule has 0 spiro atoms. The van der Waals surface area contributed by atoms with E-state index in [9.17, 15) is 9.18 Å². The van der Waals surface area contributed by atoms with Crippen molar-refractivity contribution < 1.29 is 9.18 Å². The number of hydrogen-bond donors (Lipinski definition) is 1. The lowest BCUT2D eigenvalue weighted by molar-refractivity contribution is -0.116. The van der Waals surface area contributed by atoms with E-state index in [1.165, 1.54) is 35.2 Å². The Kier molecular flexibility index (Phi) is 6.73. The first kappa shape index (κ1) is 21.2. The number of halogens is 1. The summed E-state index contributed by atoms with van der Waals surface area (Å²) in [5.74, 6) is 0.603. The van der Waals surface area contributed by atoms with Crippen LogP contribution in [0.1, 0.15) is 18.3 Å². The predicted octanol–water partition coefficient (Wildman–Crippen LogP) is 4.96. The van der Waals surface area contributed by atoms with Gasteiger partial charge in [-0.25, -0.2) is 14.4 Å². The van der Waals surface area contributed by atoms with Gasteiger partial charge in [0.25, 0.3) is 0 Å². The third kappa shape index (κ3) is 5.36. The Morgan fingerprint density at radius 3 is 2.61 bits per heavy atom. The smallest absolute Gasteiger partial charge is 0.239 e. The number of aromatic amines is 1. The van der Waals surface area contributed by atoms with E-state index in [0.29, 0.717) is 22.5 Å². The van der Waals surface area contributed by atoms with Gasteiger partial charge in [0.15, 0.2) is 5.13 Å². The summed E-state index contributed by atoms with van der Waals surface area (Å²) >= 11 is 2.68. The minimum atomic E-state index is -0.296. The minimum absolute atomic E-state index is 0.0864. The van der Waals surface area contributed by atoms with Gasteiger partial charge in [-0.15, -0.1) is 16.4 Å². The molecule has 158 valence electrons. The van der Waals surface area contributed by atoms with E-state index >= 15 is 0 Å². The molecule has 1 amide bonds. The van der Waals surface area contributed by atoms with Gasteiger partial charge in [-0.2, -0.15) is 0 Å². The highest BCUT2D eigenvalue weighted by Gasteiger charge is 2.21. The van der Waals surface area contributed by atoms with Gasteiger partial charge in [-0.05, 0) is 29.8 Å². The summed E-state index contributed by atoms with van der Waals surface area (Å²) in [6.45, 7) is 2.40. The molecule has 0 atom stereocenters. The maximum absolute atomic E-state index is 13.2. The Labute approximate surface area is 187 Å². The molecule has 0 saturated carbocycles. The van der Waals surface area contributed by atoms with Crippen molar-refractivity contribution in [3.8, 4) is 11.3 Å². The zero-order chi connectivity index (χ0) is 21.6. The van der Waals surface area contributed by atoms with E-state index < -0.39 is 0 Å². The molecule has 0 fully saturated rings. The number of thioether (sulfide) groups is 1. The zero-order valence-corrected chi connectivity index (χ0v) is 18.4. The van der Waals surface area contributed by atoms with Crippen LogP contribution >= 0.6 is 23.1 Å². The Bertz CT molecular complexity index is 1140. The number of nitrogens with one attached hydrogen (secondary N) is 1. The second-order valence-corrected chi connectivity index (χ2v) is 8.47. The Balaban J connectivity index is 1.55. The van der Waals surface area contributed by atoms with Crippen molar-refractivity contribution in [2.45, 2.75) is 25.0 Å². The van der Waals surface area contributed by atoms with Crippen molar-refractivity contribution in [2.24, 2.45) is 0 Å². The Morgan fingerprint density at radius 1 is 1.13 bits per heavy atom. The molecule has 2 heterocycles. The topological polar surface area (TPSA) is 74.8 Å². The van der Waals surface area contributed by atoms with Crippen LogP contribution in [0.25, 0.3) is 11.3 Å². The lowest BCUT2D eigenvalue weighted by Gasteiger charge is -2.19. The summed E-state index contributed by atoms with van der Waals surface area (Å²) in [6, 6.07) is 15.9. The van der Waals surface area contributed by atoms with E-state index in [1.54, 1.807) is 17.0 Å². The van der Waals surface area contributed by atoms with Crippen molar-refractivity contribution in [1.82, 2.24) is 20.2 Å². The molecule has 4 aromatic rings. The van der Waals surface area contributed by atoms with Crippen LogP contribution in [-0.4, -0.2) is 31.8 Å². The summed E-state index contributed by atoms with van der Waals surface area (Å²) in [5, 5.41) is 10.0. The fourth-order valence-electron chi connectivity index (χ4n) is 2.87. The highest BCUT2D eigenvalue weighted by molar-refractivity contribution is 7.99. The monoisotopic (exact) mass is 453 g/mol. The molecule has 2 aromatic heterocycles. The molecule has 0 bridgehead atoms. The number of carbonyl (C=O) groups is 1. The van der Waals surface area contributed by atoms with Gasteiger partial charge in [0.1, 0.15) is 11.6 Å². The average molecular weight is 454 g/mol. The Morgan fingerprint density at radius 2 is 1.90 bits per heavy atom. The number of aryl methyl sites for hydroxylation is 1. The van der Waals surface area contributed by atoms with Crippen LogP contribution < -0.4 is 4.90 Å². The highest BCUT2D eigenvalue weighted by Crippen LogP contribution is 2.29. The highest BCUT2D eigenvalue weighted by atomic mass is 32.2. The van der Waals surface area contributed by atoms with Gasteiger partial charge in [-0.3, -0.25) is 14.8 Å². The standard InChI is InChI=1S/C22H20FN5OS2/c1-2-19-25-21(27-26-19)30-14-20(29)28(12-15-6-4-3-5-7-15)22-24-18(13-31-22)16-8-10-17(23)11-9-16/h3-11,13H,2,12,14H2,1H3,(H,25,26,27). The molecule has 2 aromatic carbocycles. The van der Waals surface area contributed by atoms with Crippen LogP contribution in [0.4, 0.5) is 9.52 Å². The maximum Gasteiger partial charge on any atom is 0.239 e. The molecule has 9 heteroatoms. The summed E-state index contributed by atoms with van der Waals surface area (Å²) in [4.78, 5) is 23.8. The second kappa shape index (κ2) is 9.84. The number of carbonyl (C=O) groups excluding carboxylic acids is 1. The van der Waals surface area contributed by atoms with Crippen LogP contribution in [-0.2, 0) is 17.8 Å². The summed E-state index contributed by atoms with van der Waals surface area (Å²) < 4.78 is 13.2. The molecular formula is C22H20FN5OS2. The zero-order valence-electron chi connectivity index (χ0n) is 16.8. The van der Waals surface area contributed by atoms with Crippen molar-refractivity contribution in [3.63, 3.8) is 0 Å². The molecule has 0 aliphatic heterocycles. The number of amides is 1. The third-order valence-electron chi connectivity index (χ3n) is 4.52. The largest absolute Gasteiger partial charge is 0.283 e. The average Bonchev–Trinajstić information content (AvgIpc) is 3.47. The molecule has 0 unspecified atom stereocenters. The van der Waals surface area contributed by atoms with Crippen LogP contribution in [0, 0.1) is 5.82 Å². The fraction of sp³-hybridized carbons (Fsp3) is 0.182. The minimum Gasteiger partial charge on any atom is -0.283 e. The molecular weight excluding hydrogens is 433 g/mol. The van der Waals surface area contributed by atoms with E-state index in [4.69, 9.17) is 0 Å². The van der Waals surface area contributed by atoms with Gasteiger partial charge < -0.3 is 0 Å². The van der Waals surface area contributed by atoms with E-state index in [2.05, 4.69) is 20.2 Å². The summed E-state index contributed by atoms with van der Waals surface area (Å²) in [7, 11) is 0. The fourth-order valence-corrected chi connectivity index (χ4v) is 4.42. The maximum atomic E-state index is 13.2. The molecule has 0 aliphatic carbocycles. The van der Waals surface area contributed by atoms with Crippen LogP contribution in [0.5, 0.6) is 0 Å².